The van der Waals surface area contributed by atoms with Gasteiger partial charge in [0.1, 0.15) is 0 Å². The van der Waals surface area contributed by atoms with Crippen LogP contribution in [0.3, 0.4) is 0 Å². The predicted octanol–water partition coefficient (Wildman–Crippen LogP) is 3.51. The Balaban J connectivity index is 2.52. The van der Waals surface area contributed by atoms with Gasteiger partial charge in [-0.15, -0.1) is 3.89 Å². The lowest BCUT2D eigenvalue weighted by molar-refractivity contribution is 0.529. The third-order valence-electron chi connectivity index (χ3n) is 3.23. The maximum Gasteiger partial charge on any atom is 0.305 e. The normalized spacial score (nSPS) is 13.4. The van der Waals surface area contributed by atoms with E-state index in [9.17, 15) is 12.3 Å². The lowest BCUT2D eigenvalue weighted by Crippen LogP contribution is -2.23. The Kier molecular flexibility index (Phi) is 4.00. The highest BCUT2D eigenvalue weighted by Gasteiger charge is 2.31. The fourth-order valence-corrected chi connectivity index (χ4v) is 2.86. The summed E-state index contributed by atoms with van der Waals surface area (Å²) in [4.78, 5) is 0. The zero-order chi connectivity index (χ0) is 13.9. The average molecular weight is 278 g/mol. The molecule has 1 unspecified atom stereocenters. The Morgan fingerprint density at radius 3 is 1.53 bits per heavy atom. The molecule has 2 rings (SSSR count). The van der Waals surface area contributed by atoms with Crippen molar-refractivity contribution in [1.29, 1.82) is 0 Å². The molecule has 4 heteroatoms. The van der Waals surface area contributed by atoms with Crippen LogP contribution in [0.1, 0.15) is 24.0 Å². The summed E-state index contributed by atoms with van der Waals surface area (Å²) in [5, 5.41) is -1.11. The summed E-state index contributed by atoms with van der Waals surface area (Å²) in [6.07, 6.45) is 0. The summed E-state index contributed by atoms with van der Waals surface area (Å²) in [5.74, 6) is -0.502. The average Bonchev–Trinajstić information content (AvgIpc) is 2.40. The Morgan fingerprint density at radius 1 is 0.842 bits per heavy atom. The van der Waals surface area contributed by atoms with Gasteiger partial charge in [-0.25, -0.2) is 0 Å². The minimum Gasteiger partial charge on any atom is -0.195 e. The molecule has 1 atom stereocenters. The van der Waals surface area contributed by atoms with Crippen molar-refractivity contribution in [2.45, 2.75) is 18.1 Å². The molecule has 0 aliphatic heterocycles. The van der Waals surface area contributed by atoms with Gasteiger partial charge in [0.15, 0.2) is 0 Å². The third-order valence-corrected chi connectivity index (χ3v) is 4.39. The Bertz CT molecular complexity index is 584. The van der Waals surface area contributed by atoms with Crippen LogP contribution < -0.4 is 0 Å². The molecule has 0 heterocycles. The van der Waals surface area contributed by atoms with E-state index in [1.807, 2.05) is 60.7 Å². The first-order chi connectivity index (χ1) is 9.00. The van der Waals surface area contributed by atoms with Crippen LogP contribution in [0.5, 0.6) is 0 Å². The first kappa shape index (κ1) is 13.7. The van der Waals surface area contributed by atoms with E-state index in [-0.39, 0.29) is 0 Å². The molecule has 0 bridgehead atoms. The van der Waals surface area contributed by atoms with Gasteiger partial charge in [-0.1, -0.05) is 60.7 Å². The fourth-order valence-electron chi connectivity index (χ4n) is 2.22. The fraction of sp³-hybridized carbons (Fsp3) is 0.200. The Morgan fingerprint density at radius 2 is 1.21 bits per heavy atom. The molecule has 0 radical (unpaired) electrons. The van der Waals surface area contributed by atoms with E-state index in [1.54, 1.807) is 0 Å². The quantitative estimate of drug-likeness (QED) is 0.802. The Hall–Kier alpha value is -1.68. The van der Waals surface area contributed by atoms with Crippen molar-refractivity contribution >= 4 is 10.2 Å². The van der Waals surface area contributed by atoms with Gasteiger partial charge >= 0.3 is 10.2 Å². The van der Waals surface area contributed by atoms with Gasteiger partial charge in [0.2, 0.25) is 0 Å². The van der Waals surface area contributed by atoms with Gasteiger partial charge in [0.05, 0.1) is 5.25 Å². The standard InChI is InChI=1S/C15H15FO2S/c1-12(19(16,17)18)15(13-8-4-2-5-9-13)14-10-6-3-7-11-14/h2-12,15H,1H3. The zero-order valence-corrected chi connectivity index (χ0v) is 11.3. The smallest absolute Gasteiger partial charge is 0.195 e. The van der Waals surface area contributed by atoms with Crippen LogP contribution in [0.15, 0.2) is 60.7 Å². The SMILES string of the molecule is CC(C(c1ccccc1)c1ccccc1)S(=O)(=O)F. The van der Waals surface area contributed by atoms with Crippen LogP contribution in [-0.4, -0.2) is 13.7 Å². The first-order valence-electron chi connectivity index (χ1n) is 6.03. The van der Waals surface area contributed by atoms with Crippen molar-refractivity contribution in [3.05, 3.63) is 71.8 Å². The van der Waals surface area contributed by atoms with Crippen molar-refractivity contribution in [3.8, 4) is 0 Å². The minimum absolute atomic E-state index is 0.502. The van der Waals surface area contributed by atoms with Crippen LogP contribution in [0.25, 0.3) is 0 Å². The summed E-state index contributed by atoms with van der Waals surface area (Å²) < 4.78 is 35.9. The maximum absolute atomic E-state index is 13.4. The molecule has 2 nitrogen and oxygen atoms in total. The highest BCUT2D eigenvalue weighted by molar-refractivity contribution is 7.87. The van der Waals surface area contributed by atoms with Crippen LogP contribution in [0, 0.1) is 0 Å². The molecule has 0 N–H and O–H groups in total. The molecule has 19 heavy (non-hydrogen) atoms. The monoisotopic (exact) mass is 278 g/mol. The number of hydrogen-bond acceptors (Lipinski definition) is 2. The molecule has 2 aromatic carbocycles. The molecular weight excluding hydrogens is 263 g/mol. The third kappa shape index (κ3) is 3.20. The molecule has 2 aromatic rings. The van der Waals surface area contributed by atoms with E-state index in [2.05, 4.69) is 0 Å². The molecule has 100 valence electrons. The topological polar surface area (TPSA) is 34.1 Å². The summed E-state index contributed by atoms with van der Waals surface area (Å²) in [6, 6.07) is 18.3. The number of benzene rings is 2. The largest absolute Gasteiger partial charge is 0.305 e. The van der Waals surface area contributed by atoms with Gasteiger partial charge in [-0.3, -0.25) is 0 Å². The number of halogens is 1. The van der Waals surface area contributed by atoms with Crippen molar-refractivity contribution in [1.82, 2.24) is 0 Å². The molecule has 0 amide bonds. The molecule has 0 fully saturated rings. The molecule has 0 saturated heterocycles. The van der Waals surface area contributed by atoms with Crippen LogP contribution in [0.2, 0.25) is 0 Å². The van der Waals surface area contributed by atoms with Gasteiger partial charge in [-0.2, -0.15) is 8.42 Å². The van der Waals surface area contributed by atoms with Crippen LogP contribution >= 0.6 is 0 Å². The Labute approximate surface area is 113 Å². The summed E-state index contributed by atoms with van der Waals surface area (Å²) in [6.45, 7) is 1.40. The van der Waals surface area contributed by atoms with E-state index in [0.717, 1.165) is 11.1 Å². The molecule has 0 aliphatic carbocycles. The second kappa shape index (κ2) is 5.53. The van der Waals surface area contributed by atoms with Gasteiger partial charge in [-0.05, 0) is 18.1 Å². The van der Waals surface area contributed by atoms with Gasteiger partial charge in [0.25, 0.3) is 0 Å². The first-order valence-corrected chi connectivity index (χ1v) is 7.48. The zero-order valence-electron chi connectivity index (χ0n) is 10.5. The van der Waals surface area contributed by atoms with Crippen LogP contribution in [-0.2, 0) is 10.2 Å². The van der Waals surface area contributed by atoms with Gasteiger partial charge in [0, 0.05) is 5.92 Å². The molecular formula is C15H15FO2S. The summed E-state index contributed by atoms with van der Waals surface area (Å²) in [5.41, 5.74) is 1.59. The summed E-state index contributed by atoms with van der Waals surface area (Å²) >= 11 is 0. The highest BCUT2D eigenvalue weighted by atomic mass is 32.3. The predicted molar refractivity (Wildman–Crippen MR) is 74.2 cm³/mol. The lowest BCUT2D eigenvalue weighted by atomic mass is 9.89. The van der Waals surface area contributed by atoms with Crippen molar-refractivity contribution in [3.63, 3.8) is 0 Å². The lowest BCUT2D eigenvalue weighted by Gasteiger charge is -2.22. The van der Waals surface area contributed by atoms with Crippen molar-refractivity contribution in [2.75, 3.05) is 0 Å². The van der Waals surface area contributed by atoms with E-state index in [0.29, 0.717) is 0 Å². The highest BCUT2D eigenvalue weighted by Crippen LogP contribution is 2.32. The summed E-state index contributed by atoms with van der Waals surface area (Å²) in [7, 11) is -4.60. The van der Waals surface area contributed by atoms with E-state index >= 15 is 0 Å². The van der Waals surface area contributed by atoms with E-state index < -0.39 is 21.4 Å². The number of hydrogen-bond donors (Lipinski definition) is 0. The second-order valence-electron chi connectivity index (χ2n) is 4.48. The molecule has 0 aliphatic rings. The van der Waals surface area contributed by atoms with Crippen LogP contribution in [0.4, 0.5) is 3.89 Å². The molecule has 0 saturated carbocycles. The minimum atomic E-state index is -4.60. The van der Waals surface area contributed by atoms with E-state index in [4.69, 9.17) is 0 Å². The molecule has 0 spiro atoms. The molecule has 0 aromatic heterocycles. The number of rotatable bonds is 4. The second-order valence-corrected chi connectivity index (χ2v) is 6.17. The maximum atomic E-state index is 13.4. The van der Waals surface area contributed by atoms with Crippen molar-refractivity contribution < 1.29 is 12.3 Å². The van der Waals surface area contributed by atoms with Gasteiger partial charge < -0.3 is 0 Å². The van der Waals surface area contributed by atoms with Crippen molar-refractivity contribution in [2.24, 2.45) is 0 Å². The van der Waals surface area contributed by atoms with E-state index in [1.165, 1.54) is 6.92 Å².